The van der Waals surface area contributed by atoms with Gasteiger partial charge in [-0.2, -0.15) is 0 Å². The summed E-state index contributed by atoms with van der Waals surface area (Å²) in [4.78, 5) is 0. The number of anilines is 1. The molecule has 0 atom stereocenters. The van der Waals surface area contributed by atoms with E-state index >= 15 is 0 Å². The minimum atomic E-state index is 0.496. The average molecular weight is 392 g/mol. The number of unbranched alkanes of at least 4 members (excludes halogenated alkanes) is 1. The highest BCUT2D eigenvalue weighted by Crippen LogP contribution is 2.21. The van der Waals surface area contributed by atoms with Gasteiger partial charge in [-0.15, -0.1) is 0 Å². The molecular formula is C25H29NO3. The van der Waals surface area contributed by atoms with Crippen LogP contribution in [-0.4, -0.2) is 19.8 Å². The minimum Gasteiger partial charge on any atom is -0.494 e. The maximum atomic E-state index is 5.94. The quantitative estimate of drug-likeness (QED) is 0.388. The third-order valence-electron chi connectivity index (χ3n) is 4.43. The summed E-state index contributed by atoms with van der Waals surface area (Å²) in [6.45, 7) is 4.61. The molecule has 0 aliphatic heterocycles. The van der Waals surface area contributed by atoms with Crippen molar-refractivity contribution in [3.8, 4) is 17.2 Å². The zero-order valence-electron chi connectivity index (χ0n) is 17.0. The van der Waals surface area contributed by atoms with Gasteiger partial charge in [0, 0.05) is 17.8 Å². The maximum absolute atomic E-state index is 5.94. The molecule has 29 heavy (non-hydrogen) atoms. The molecule has 0 aliphatic carbocycles. The Labute approximate surface area is 173 Å². The lowest BCUT2D eigenvalue weighted by Gasteiger charge is -2.14. The van der Waals surface area contributed by atoms with Crippen LogP contribution in [0.3, 0.4) is 0 Å². The second-order valence-corrected chi connectivity index (χ2v) is 6.70. The molecule has 0 spiro atoms. The van der Waals surface area contributed by atoms with E-state index in [0.29, 0.717) is 19.8 Å². The Hall–Kier alpha value is -3.14. The molecule has 4 nitrogen and oxygen atoms in total. The summed E-state index contributed by atoms with van der Waals surface area (Å²) in [7, 11) is 0. The van der Waals surface area contributed by atoms with Crippen LogP contribution < -0.4 is 19.5 Å². The standard InChI is InChI=1S/C25H29NO3/c1-2-3-17-27-24-15-13-22(14-16-24)26-20-21-9-7-8-12-25(21)29-19-18-28-23-10-5-4-6-11-23/h4-16,26H,2-3,17-20H2,1H3. The van der Waals surface area contributed by atoms with Crippen LogP contribution in [0.2, 0.25) is 0 Å². The van der Waals surface area contributed by atoms with Crippen molar-refractivity contribution in [2.75, 3.05) is 25.1 Å². The van der Waals surface area contributed by atoms with Crippen molar-refractivity contribution in [1.29, 1.82) is 0 Å². The summed E-state index contributed by atoms with van der Waals surface area (Å²) in [6.07, 6.45) is 2.21. The predicted molar refractivity (Wildman–Crippen MR) is 118 cm³/mol. The topological polar surface area (TPSA) is 39.7 Å². The van der Waals surface area contributed by atoms with E-state index in [9.17, 15) is 0 Å². The Morgan fingerprint density at radius 2 is 1.31 bits per heavy atom. The molecule has 3 aromatic rings. The lowest BCUT2D eigenvalue weighted by Crippen LogP contribution is -2.10. The second kappa shape index (κ2) is 11.6. The Morgan fingerprint density at radius 3 is 2.10 bits per heavy atom. The highest BCUT2D eigenvalue weighted by molar-refractivity contribution is 5.48. The van der Waals surface area contributed by atoms with Crippen LogP contribution in [0.15, 0.2) is 78.9 Å². The molecule has 0 amide bonds. The summed E-state index contributed by atoms with van der Waals surface area (Å²) in [5.74, 6) is 2.63. The SMILES string of the molecule is CCCCOc1ccc(NCc2ccccc2OCCOc2ccccc2)cc1. The number of hydrogen-bond acceptors (Lipinski definition) is 4. The second-order valence-electron chi connectivity index (χ2n) is 6.70. The fourth-order valence-electron chi connectivity index (χ4n) is 2.82. The van der Waals surface area contributed by atoms with E-state index in [-0.39, 0.29) is 0 Å². The monoisotopic (exact) mass is 391 g/mol. The molecule has 3 aromatic carbocycles. The van der Waals surface area contributed by atoms with E-state index in [0.717, 1.165) is 47.9 Å². The van der Waals surface area contributed by atoms with Crippen LogP contribution in [0.25, 0.3) is 0 Å². The third-order valence-corrected chi connectivity index (χ3v) is 4.43. The molecule has 0 radical (unpaired) electrons. The van der Waals surface area contributed by atoms with E-state index in [2.05, 4.69) is 18.3 Å². The first-order valence-corrected chi connectivity index (χ1v) is 10.2. The van der Waals surface area contributed by atoms with Gasteiger partial charge in [-0.25, -0.2) is 0 Å². The molecule has 0 heterocycles. The number of nitrogens with one attached hydrogen (secondary N) is 1. The number of para-hydroxylation sites is 2. The predicted octanol–water partition coefficient (Wildman–Crippen LogP) is 5.94. The Kier molecular flexibility index (Phi) is 8.27. The van der Waals surface area contributed by atoms with E-state index in [1.165, 1.54) is 0 Å². The Bertz CT molecular complexity index is 834. The van der Waals surface area contributed by atoms with Gasteiger partial charge in [-0.05, 0) is 48.9 Å². The van der Waals surface area contributed by atoms with Crippen LogP contribution in [0, 0.1) is 0 Å². The van der Waals surface area contributed by atoms with Crippen molar-refractivity contribution in [3.05, 3.63) is 84.4 Å². The van der Waals surface area contributed by atoms with Crippen LogP contribution in [-0.2, 0) is 6.54 Å². The van der Waals surface area contributed by atoms with E-state index in [1.54, 1.807) is 0 Å². The summed E-state index contributed by atoms with van der Waals surface area (Å²) in [5, 5.41) is 3.45. The molecule has 1 N–H and O–H groups in total. The largest absolute Gasteiger partial charge is 0.494 e. The smallest absolute Gasteiger partial charge is 0.124 e. The molecular weight excluding hydrogens is 362 g/mol. The molecule has 4 heteroatoms. The molecule has 0 saturated carbocycles. The molecule has 0 fully saturated rings. The zero-order valence-corrected chi connectivity index (χ0v) is 17.0. The number of hydrogen-bond donors (Lipinski definition) is 1. The highest BCUT2D eigenvalue weighted by atomic mass is 16.5. The van der Waals surface area contributed by atoms with Gasteiger partial charge in [0.2, 0.25) is 0 Å². The van der Waals surface area contributed by atoms with Gasteiger partial charge in [-0.1, -0.05) is 49.7 Å². The van der Waals surface area contributed by atoms with E-state index in [1.807, 2.05) is 72.8 Å². The summed E-state index contributed by atoms with van der Waals surface area (Å²) in [6, 6.07) is 25.9. The van der Waals surface area contributed by atoms with Gasteiger partial charge < -0.3 is 19.5 Å². The van der Waals surface area contributed by atoms with Gasteiger partial charge in [0.15, 0.2) is 0 Å². The van der Waals surface area contributed by atoms with Gasteiger partial charge >= 0.3 is 0 Å². The fourth-order valence-corrected chi connectivity index (χ4v) is 2.82. The molecule has 0 aromatic heterocycles. The molecule has 0 unspecified atom stereocenters. The van der Waals surface area contributed by atoms with Crippen molar-refractivity contribution in [2.45, 2.75) is 26.3 Å². The molecule has 3 rings (SSSR count). The number of ether oxygens (including phenoxy) is 3. The van der Waals surface area contributed by atoms with E-state index < -0.39 is 0 Å². The molecule has 152 valence electrons. The molecule has 0 aliphatic rings. The summed E-state index contributed by atoms with van der Waals surface area (Å²) >= 11 is 0. The third kappa shape index (κ3) is 7.07. The van der Waals surface area contributed by atoms with Crippen molar-refractivity contribution in [3.63, 3.8) is 0 Å². The first-order chi connectivity index (χ1) is 14.3. The van der Waals surface area contributed by atoms with Gasteiger partial charge in [0.1, 0.15) is 30.5 Å². The summed E-state index contributed by atoms with van der Waals surface area (Å²) < 4.78 is 17.3. The first kappa shape index (κ1) is 20.6. The van der Waals surface area contributed by atoms with Gasteiger partial charge in [0.05, 0.1) is 6.61 Å². The first-order valence-electron chi connectivity index (χ1n) is 10.2. The van der Waals surface area contributed by atoms with Crippen molar-refractivity contribution >= 4 is 5.69 Å². The molecule has 0 saturated heterocycles. The highest BCUT2D eigenvalue weighted by Gasteiger charge is 2.04. The lowest BCUT2D eigenvalue weighted by atomic mass is 10.2. The van der Waals surface area contributed by atoms with Crippen LogP contribution >= 0.6 is 0 Å². The van der Waals surface area contributed by atoms with Crippen molar-refractivity contribution in [1.82, 2.24) is 0 Å². The Balaban J connectivity index is 1.46. The minimum absolute atomic E-state index is 0.496. The Morgan fingerprint density at radius 1 is 0.655 bits per heavy atom. The zero-order chi connectivity index (χ0) is 20.2. The van der Waals surface area contributed by atoms with Crippen molar-refractivity contribution < 1.29 is 14.2 Å². The van der Waals surface area contributed by atoms with Crippen molar-refractivity contribution in [2.24, 2.45) is 0 Å². The average Bonchev–Trinajstić information content (AvgIpc) is 2.78. The van der Waals surface area contributed by atoms with Gasteiger partial charge in [0.25, 0.3) is 0 Å². The normalized spacial score (nSPS) is 10.4. The van der Waals surface area contributed by atoms with Crippen LogP contribution in [0.4, 0.5) is 5.69 Å². The lowest BCUT2D eigenvalue weighted by molar-refractivity contribution is 0.216. The van der Waals surface area contributed by atoms with Crippen LogP contribution in [0.5, 0.6) is 17.2 Å². The number of benzene rings is 3. The fraction of sp³-hybridized carbons (Fsp3) is 0.280. The molecule has 0 bridgehead atoms. The van der Waals surface area contributed by atoms with Crippen LogP contribution in [0.1, 0.15) is 25.3 Å². The number of rotatable bonds is 12. The van der Waals surface area contributed by atoms with Gasteiger partial charge in [-0.3, -0.25) is 0 Å². The van der Waals surface area contributed by atoms with E-state index in [4.69, 9.17) is 14.2 Å². The maximum Gasteiger partial charge on any atom is 0.124 e. The summed E-state index contributed by atoms with van der Waals surface area (Å²) in [5.41, 5.74) is 2.16.